The Morgan fingerprint density at radius 3 is 2.58 bits per heavy atom. The molecule has 1 heterocycles. The van der Waals surface area contributed by atoms with E-state index in [1.54, 1.807) is 0 Å². The van der Waals surface area contributed by atoms with E-state index in [-0.39, 0.29) is 5.78 Å². The van der Waals surface area contributed by atoms with Crippen molar-refractivity contribution in [2.75, 3.05) is 11.1 Å². The summed E-state index contributed by atoms with van der Waals surface area (Å²) in [5, 5.41) is 3.25. The summed E-state index contributed by atoms with van der Waals surface area (Å²) in [5.74, 6) is 1.36. The molecule has 0 bridgehead atoms. The van der Waals surface area contributed by atoms with E-state index in [0.717, 1.165) is 22.7 Å². The second-order valence-corrected chi connectivity index (χ2v) is 5.73. The van der Waals surface area contributed by atoms with Gasteiger partial charge >= 0.3 is 0 Å². The van der Waals surface area contributed by atoms with E-state index in [1.165, 1.54) is 0 Å². The number of carbonyl (C=O) groups excluding carboxylic acids is 1. The first-order valence-corrected chi connectivity index (χ1v) is 7.75. The number of Topliss-reactive ketones (excluding diaryl/α,β-unsaturated/α-hetero) is 1. The Morgan fingerprint density at radius 2 is 1.71 bits per heavy atom. The van der Waals surface area contributed by atoms with Crippen molar-refractivity contribution in [1.82, 2.24) is 0 Å². The molecule has 0 radical (unpaired) electrons. The quantitative estimate of drug-likeness (QED) is 0.681. The van der Waals surface area contributed by atoms with Crippen molar-refractivity contribution in [3.8, 4) is 11.5 Å². The molecule has 4 heteroatoms. The number of carbonyl (C=O) groups is 1. The van der Waals surface area contributed by atoms with Crippen LogP contribution in [0.2, 0.25) is 0 Å². The van der Waals surface area contributed by atoms with E-state index in [9.17, 15) is 4.79 Å². The number of ketones is 1. The van der Waals surface area contributed by atoms with Crippen LogP contribution in [0.4, 0.5) is 17.1 Å². The fourth-order valence-electron chi connectivity index (χ4n) is 2.82. The van der Waals surface area contributed by atoms with Crippen molar-refractivity contribution in [3.63, 3.8) is 0 Å². The minimum absolute atomic E-state index is 0.0413. The van der Waals surface area contributed by atoms with E-state index in [4.69, 9.17) is 10.5 Å². The number of nitrogens with two attached hydrogens (primary N) is 1. The lowest BCUT2D eigenvalue weighted by Crippen LogP contribution is -2.03. The van der Waals surface area contributed by atoms with Gasteiger partial charge in [-0.3, -0.25) is 4.79 Å². The molecular formula is C20H16N2O2. The van der Waals surface area contributed by atoms with E-state index in [2.05, 4.69) is 5.32 Å². The number of fused-ring (bicyclic) bond motifs is 2. The lowest BCUT2D eigenvalue weighted by Gasteiger charge is -2.12. The van der Waals surface area contributed by atoms with Gasteiger partial charge in [-0.1, -0.05) is 30.3 Å². The van der Waals surface area contributed by atoms with Gasteiger partial charge in [-0.2, -0.15) is 0 Å². The van der Waals surface area contributed by atoms with Crippen LogP contribution in [-0.2, 0) is 6.42 Å². The Kier molecular flexibility index (Phi) is 3.43. The molecule has 0 fully saturated rings. The third-order valence-electron chi connectivity index (χ3n) is 4.06. The number of para-hydroxylation sites is 3. The number of ether oxygens (including phenoxy) is 1. The molecule has 4 nitrogen and oxygen atoms in total. The molecule has 1 aliphatic heterocycles. The van der Waals surface area contributed by atoms with Crippen molar-refractivity contribution in [3.05, 3.63) is 77.9 Å². The van der Waals surface area contributed by atoms with Crippen molar-refractivity contribution in [2.45, 2.75) is 6.42 Å². The van der Waals surface area contributed by atoms with E-state index >= 15 is 0 Å². The van der Waals surface area contributed by atoms with Crippen LogP contribution in [0.25, 0.3) is 0 Å². The van der Waals surface area contributed by atoms with Gasteiger partial charge in [0.1, 0.15) is 11.5 Å². The normalized spacial score (nSPS) is 12.6. The maximum absolute atomic E-state index is 12.6. The molecule has 4 rings (SSSR count). The Hall–Kier alpha value is -3.27. The number of anilines is 3. The number of nitrogens with one attached hydrogen (secondary N) is 1. The van der Waals surface area contributed by atoms with Crippen LogP contribution < -0.4 is 15.8 Å². The van der Waals surface area contributed by atoms with Crippen molar-refractivity contribution < 1.29 is 9.53 Å². The standard InChI is InChI=1S/C20H16N2O2/c21-16-6-2-3-7-17(16)22-14-9-10-20-15(12-14)18(23)11-13-5-1-4-8-19(13)24-20/h1-10,12,22H,11,21H2. The van der Waals surface area contributed by atoms with Gasteiger partial charge in [0.05, 0.1) is 16.9 Å². The maximum atomic E-state index is 12.6. The molecule has 0 saturated heterocycles. The second kappa shape index (κ2) is 5.74. The summed E-state index contributed by atoms with van der Waals surface area (Å²) >= 11 is 0. The SMILES string of the molecule is Nc1ccccc1Nc1ccc2c(c1)C(=O)Cc1ccccc1O2. The molecule has 24 heavy (non-hydrogen) atoms. The summed E-state index contributed by atoms with van der Waals surface area (Å²) in [6.07, 6.45) is 0.333. The summed E-state index contributed by atoms with van der Waals surface area (Å²) in [6.45, 7) is 0. The van der Waals surface area contributed by atoms with Gasteiger partial charge in [-0.25, -0.2) is 0 Å². The molecule has 3 N–H and O–H groups in total. The molecule has 118 valence electrons. The Labute approximate surface area is 139 Å². The molecule has 3 aromatic carbocycles. The number of benzene rings is 3. The first-order chi connectivity index (χ1) is 11.7. The fraction of sp³-hybridized carbons (Fsp3) is 0.0500. The average molecular weight is 316 g/mol. The Morgan fingerprint density at radius 1 is 0.917 bits per heavy atom. The van der Waals surface area contributed by atoms with Gasteiger partial charge in [0.25, 0.3) is 0 Å². The highest BCUT2D eigenvalue weighted by molar-refractivity contribution is 6.02. The van der Waals surface area contributed by atoms with Crippen molar-refractivity contribution in [1.29, 1.82) is 0 Å². The zero-order valence-electron chi connectivity index (χ0n) is 13.0. The van der Waals surface area contributed by atoms with Crippen LogP contribution in [0.3, 0.4) is 0 Å². The predicted molar refractivity (Wildman–Crippen MR) is 95.1 cm³/mol. The number of rotatable bonds is 2. The number of nitrogen functional groups attached to an aromatic ring is 1. The molecule has 1 aliphatic rings. The topological polar surface area (TPSA) is 64.3 Å². The zero-order chi connectivity index (χ0) is 16.5. The van der Waals surface area contributed by atoms with Crippen LogP contribution in [0.15, 0.2) is 66.7 Å². The maximum Gasteiger partial charge on any atom is 0.171 e. The molecule has 0 unspecified atom stereocenters. The number of hydrogen-bond acceptors (Lipinski definition) is 4. The first kappa shape index (κ1) is 14.3. The van der Waals surface area contributed by atoms with Crippen LogP contribution >= 0.6 is 0 Å². The van der Waals surface area contributed by atoms with Gasteiger partial charge in [0.15, 0.2) is 5.78 Å². The van der Waals surface area contributed by atoms with Gasteiger partial charge in [-0.05, 0) is 36.4 Å². The molecule has 0 atom stereocenters. The van der Waals surface area contributed by atoms with Gasteiger partial charge in [0, 0.05) is 17.7 Å². The van der Waals surface area contributed by atoms with Gasteiger partial charge < -0.3 is 15.8 Å². The molecule has 0 aliphatic carbocycles. The summed E-state index contributed by atoms with van der Waals surface area (Å²) in [4.78, 5) is 12.6. The molecule has 0 aromatic heterocycles. The van der Waals surface area contributed by atoms with Crippen molar-refractivity contribution in [2.24, 2.45) is 0 Å². The minimum Gasteiger partial charge on any atom is -0.456 e. The van der Waals surface area contributed by atoms with E-state index in [1.807, 2.05) is 66.7 Å². The van der Waals surface area contributed by atoms with Crippen LogP contribution in [0, 0.1) is 0 Å². The monoisotopic (exact) mass is 316 g/mol. The third kappa shape index (κ3) is 2.58. The number of hydrogen-bond donors (Lipinski definition) is 2. The Bertz CT molecular complexity index is 934. The first-order valence-electron chi connectivity index (χ1n) is 7.75. The largest absolute Gasteiger partial charge is 0.456 e. The van der Waals surface area contributed by atoms with Crippen LogP contribution in [0.1, 0.15) is 15.9 Å². The second-order valence-electron chi connectivity index (χ2n) is 5.73. The fourth-order valence-corrected chi connectivity index (χ4v) is 2.82. The summed E-state index contributed by atoms with van der Waals surface area (Å²) in [7, 11) is 0. The molecule has 0 spiro atoms. The highest BCUT2D eigenvalue weighted by Crippen LogP contribution is 2.35. The smallest absolute Gasteiger partial charge is 0.171 e. The van der Waals surface area contributed by atoms with Gasteiger partial charge in [0.2, 0.25) is 0 Å². The molecule has 3 aromatic rings. The minimum atomic E-state index is 0.0413. The van der Waals surface area contributed by atoms with Gasteiger partial charge in [-0.15, -0.1) is 0 Å². The third-order valence-corrected chi connectivity index (χ3v) is 4.06. The van der Waals surface area contributed by atoms with Crippen LogP contribution in [0.5, 0.6) is 11.5 Å². The van der Waals surface area contributed by atoms with E-state index in [0.29, 0.717) is 23.4 Å². The zero-order valence-corrected chi connectivity index (χ0v) is 13.0. The lowest BCUT2D eigenvalue weighted by molar-refractivity contribution is 0.0993. The van der Waals surface area contributed by atoms with E-state index < -0.39 is 0 Å². The summed E-state index contributed by atoms with van der Waals surface area (Å²) < 4.78 is 5.93. The summed E-state index contributed by atoms with van der Waals surface area (Å²) in [5.41, 5.74) is 9.70. The summed E-state index contributed by atoms with van der Waals surface area (Å²) in [6, 6.07) is 20.7. The highest BCUT2D eigenvalue weighted by atomic mass is 16.5. The lowest BCUT2D eigenvalue weighted by atomic mass is 10.0. The van der Waals surface area contributed by atoms with Crippen LogP contribution in [-0.4, -0.2) is 5.78 Å². The van der Waals surface area contributed by atoms with Crippen molar-refractivity contribution >= 4 is 22.8 Å². The Balaban J connectivity index is 1.70. The highest BCUT2D eigenvalue weighted by Gasteiger charge is 2.21. The molecule has 0 amide bonds. The molecule has 0 saturated carbocycles. The average Bonchev–Trinajstić information content (AvgIpc) is 2.73. The molecular weight excluding hydrogens is 300 g/mol. The predicted octanol–water partition coefficient (Wildman–Crippen LogP) is 4.54.